The fourth-order valence-electron chi connectivity index (χ4n) is 2.90. The van der Waals surface area contributed by atoms with Crippen LogP contribution in [0.4, 0.5) is 0 Å². The van der Waals surface area contributed by atoms with Gasteiger partial charge in [0.15, 0.2) is 11.5 Å². The van der Waals surface area contributed by atoms with Crippen molar-refractivity contribution in [1.29, 1.82) is 0 Å². The summed E-state index contributed by atoms with van der Waals surface area (Å²) < 4.78 is 33.6. The number of ether oxygens (including phenoxy) is 2. The molecule has 0 aliphatic carbocycles. The Hall–Kier alpha value is -2.06. The van der Waals surface area contributed by atoms with Crippen LogP contribution in [0.3, 0.4) is 0 Å². The van der Waals surface area contributed by atoms with Crippen LogP contribution in [0.5, 0.6) is 11.5 Å². The molecule has 28 heavy (non-hydrogen) atoms. The summed E-state index contributed by atoms with van der Waals surface area (Å²) in [5, 5.41) is 0. The number of nitrogens with zero attached hydrogens (tertiary/aromatic N) is 2. The van der Waals surface area contributed by atoms with E-state index in [1.165, 1.54) is 6.26 Å². The van der Waals surface area contributed by atoms with Crippen molar-refractivity contribution in [3.63, 3.8) is 0 Å². The average molecular weight is 411 g/mol. The predicted molar refractivity (Wildman–Crippen MR) is 111 cm³/mol. The van der Waals surface area contributed by atoms with Crippen molar-refractivity contribution in [2.45, 2.75) is 20.0 Å². The maximum absolute atomic E-state index is 12.4. The number of piperazine rings is 1. The Bertz CT molecular complexity index is 797. The molecule has 0 spiro atoms. The first-order chi connectivity index (χ1) is 13.2. The standard InChI is InChI=1S/C20H30N2O5S/c1-16(2)27-18-7-5-17(15-19(18)26-3)6-8-20(23)22-11-9-21(10-12-22)13-14-28(4,24)25/h5-8,15-16H,9-14H2,1-4H3/b8-6+. The molecule has 0 bridgehead atoms. The Morgan fingerprint density at radius 2 is 1.86 bits per heavy atom. The lowest BCUT2D eigenvalue weighted by Gasteiger charge is -2.34. The summed E-state index contributed by atoms with van der Waals surface area (Å²) in [5.41, 5.74) is 0.855. The minimum Gasteiger partial charge on any atom is -0.493 e. The predicted octanol–water partition coefficient (Wildman–Crippen LogP) is 1.68. The summed E-state index contributed by atoms with van der Waals surface area (Å²) in [4.78, 5) is 16.3. The van der Waals surface area contributed by atoms with Crippen LogP contribution in [0.2, 0.25) is 0 Å². The number of sulfone groups is 1. The quantitative estimate of drug-likeness (QED) is 0.607. The van der Waals surface area contributed by atoms with E-state index in [1.807, 2.05) is 32.0 Å². The fraction of sp³-hybridized carbons (Fsp3) is 0.550. The molecule has 8 heteroatoms. The van der Waals surface area contributed by atoms with E-state index in [2.05, 4.69) is 4.90 Å². The molecule has 1 amide bonds. The van der Waals surface area contributed by atoms with Gasteiger partial charge in [0.05, 0.1) is 19.0 Å². The van der Waals surface area contributed by atoms with Gasteiger partial charge in [0.2, 0.25) is 5.91 Å². The molecule has 1 aliphatic rings. The van der Waals surface area contributed by atoms with Crippen molar-refractivity contribution in [3.8, 4) is 11.5 Å². The SMILES string of the molecule is COc1cc(/C=C/C(=O)N2CCN(CCS(C)(=O)=O)CC2)ccc1OC(C)C. The van der Waals surface area contributed by atoms with Gasteiger partial charge >= 0.3 is 0 Å². The van der Waals surface area contributed by atoms with E-state index in [-0.39, 0.29) is 17.8 Å². The number of hydrogen-bond donors (Lipinski definition) is 0. The Labute approximate surface area is 167 Å². The van der Waals surface area contributed by atoms with Gasteiger partial charge in [-0.3, -0.25) is 9.69 Å². The van der Waals surface area contributed by atoms with Crippen LogP contribution < -0.4 is 9.47 Å². The molecular formula is C20H30N2O5S. The molecule has 0 unspecified atom stereocenters. The Morgan fingerprint density at radius 3 is 2.43 bits per heavy atom. The number of rotatable bonds is 8. The monoisotopic (exact) mass is 410 g/mol. The molecule has 1 heterocycles. The van der Waals surface area contributed by atoms with Gasteiger partial charge in [-0.15, -0.1) is 0 Å². The number of carbonyl (C=O) groups excluding carboxylic acids is 1. The lowest BCUT2D eigenvalue weighted by molar-refractivity contribution is -0.127. The van der Waals surface area contributed by atoms with Gasteiger partial charge in [-0.05, 0) is 37.6 Å². The first-order valence-electron chi connectivity index (χ1n) is 9.39. The van der Waals surface area contributed by atoms with E-state index in [0.717, 1.165) is 5.56 Å². The van der Waals surface area contributed by atoms with Crippen molar-refractivity contribution < 1.29 is 22.7 Å². The van der Waals surface area contributed by atoms with Crippen molar-refractivity contribution in [2.24, 2.45) is 0 Å². The van der Waals surface area contributed by atoms with Gasteiger partial charge in [-0.25, -0.2) is 8.42 Å². The zero-order valence-electron chi connectivity index (χ0n) is 17.1. The molecule has 0 N–H and O–H groups in total. The van der Waals surface area contributed by atoms with E-state index < -0.39 is 9.84 Å². The molecule has 1 aromatic rings. The van der Waals surface area contributed by atoms with Crippen LogP contribution in [0, 0.1) is 0 Å². The fourth-order valence-corrected chi connectivity index (χ4v) is 3.49. The Balaban J connectivity index is 1.90. The first-order valence-corrected chi connectivity index (χ1v) is 11.5. The summed E-state index contributed by atoms with van der Waals surface area (Å²) in [5.74, 6) is 1.40. The second-order valence-electron chi connectivity index (χ2n) is 7.21. The van der Waals surface area contributed by atoms with Crippen molar-refractivity contribution in [1.82, 2.24) is 9.80 Å². The summed E-state index contributed by atoms with van der Waals surface area (Å²) in [7, 11) is -1.37. The Morgan fingerprint density at radius 1 is 1.18 bits per heavy atom. The van der Waals surface area contributed by atoms with Gasteiger partial charge in [0.25, 0.3) is 0 Å². The van der Waals surface area contributed by atoms with Gasteiger partial charge < -0.3 is 14.4 Å². The summed E-state index contributed by atoms with van der Waals surface area (Å²) in [6.07, 6.45) is 4.62. The van der Waals surface area contributed by atoms with Crippen LogP contribution in [-0.2, 0) is 14.6 Å². The normalized spacial score (nSPS) is 16.0. The van der Waals surface area contributed by atoms with E-state index in [4.69, 9.17) is 9.47 Å². The molecule has 1 aromatic carbocycles. The van der Waals surface area contributed by atoms with Crippen molar-refractivity contribution in [2.75, 3.05) is 51.8 Å². The highest BCUT2D eigenvalue weighted by atomic mass is 32.2. The molecule has 1 aliphatic heterocycles. The van der Waals surface area contributed by atoms with Crippen LogP contribution in [0.1, 0.15) is 19.4 Å². The highest BCUT2D eigenvalue weighted by Gasteiger charge is 2.20. The van der Waals surface area contributed by atoms with Crippen LogP contribution >= 0.6 is 0 Å². The largest absolute Gasteiger partial charge is 0.493 e. The Kier molecular flexibility index (Phi) is 7.88. The third-order valence-corrected chi connectivity index (χ3v) is 5.36. The maximum atomic E-state index is 12.4. The molecular weight excluding hydrogens is 380 g/mol. The van der Waals surface area contributed by atoms with Crippen molar-refractivity contribution >= 4 is 21.8 Å². The van der Waals surface area contributed by atoms with Crippen LogP contribution in [0.25, 0.3) is 6.08 Å². The molecule has 1 saturated heterocycles. The van der Waals surface area contributed by atoms with Gasteiger partial charge in [0, 0.05) is 45.1 Å². The number of benzene rings is 1. The number of amides is 1. The molecule has 0 atom stereocenters. The highest BCUT2D eigenvalue weighted by molar-refractivity contribution is 7.90. The third-order valence-electron chi connectivity index (χ3n) is 4.43. The van der Waals surface area contributed by atoms with Gasteiger partial charge in [0.1, 0.15) is 9.84 Å². The van der Waals surface area contributed by atoms with Crippen molar-refractivity contribution in [3.05, 3.63) is 29.8 Å². The highest BCUT2D eigenvalue weighted by Crippen LogP contribution is 2.29. The van der Waals surface area contributed by atoms with Gasteiger partial charge in [-0.1, -0.05) is 6.07 Å². The number of carbonyl (C=O) groups is 1. The molecule has 1 fully saturated rings. The number of hydrogen-bond acceptors (Lipinski definition) is 6. The zero-order chi connectivity index (χ0) is 20.7. The zero-order valence-corrected chi connectivity index (χ0v) is 17.9. The second kappa shape index (κ2) is 9.93. The third kappa shape index (κ3) is 7.16. The summed E-state index contributed by atoms with van der Waals surface area (Å²) in [6.45, 7) is 6.98. The van der Waals surface area contributed by atoms with E-state index >= 15 is 0 Å². The summed E-state index contributed by atoms with van der Waals surface area (Å²) >= 11 is 0. The molecule has 0 aromatic heterocycles. The maximum Gasteiger partial charge on any atom is 0.246 e. The van der Waals surface area contributed by atoms with E-state index in [9.17, 15) is 13.2 Å². The first kappa shape index (κ1) is 22.2. The lowest BCUT2D eigenvalue weighted by Crippen LogP contribution is -2.49. The van der Waals surface area contributed by atoms with Crippen LogP contribution in [0.15, 0.2) is 24.3 Å². The number of methoxy groups -OCH3 is 1. The molecule has 7 nitrogen and oxygen atoms in total. The topological polar surface area (TPSA) is 76.2 Å². The average Bonchev–Trinajstić information content (AvgIpc) is 2.64. The summed E-state index contributed by atoms with van der Waals surface area (Å²) in [6, 6.07) is 5.56. The smallest absolute Gasteiger partial charge is 0.246 e. The molecule has 0 radical (unpaired) electrons. The lowest BCUT2D eigenvalue weighted by atomic mass is 10.1. The van der Waals surface area contributed by atoms with E-state index in [0.29, 0.717) is 44.2 Å². The molecule has 2 rings (SSSR count). The minimum absolute atomic E-state index is 0.0490. The second-order valence-corrected chi connectivity index (χ2v) is 9.47. The molecule has 0 saturated carbocycles. The minimum atomic E-state index is -2.96. The van der Waals surface area contributed by atoms with Gasteiger partial charge in [-0.2, -0.15) is 0 Å². The molecule has 156 valence electrons. The van der Waals surface area contributed by atoms with Crippen LogP contribution in [-0.4, -0.2) is 82.1 Å². The van der Waals surface area contributed by atoms with E-state index in [1.54, 1.807) is 24.2 Å².